The molecule has 1 amide bonds. The Morgan fingerprint density at radius 2 is 2.26 bits per heavy atom. The van der Waals surface area contributed by atoms with Crippen LogP contribution in [-0.4, -0.2) is 27.1 Å². The Morgan fingerprint density at radius 1 is 1.48 bits per heavy atom. The van der Waals surface area contributed by atoms with E-state index < -0.39 is 4.92 Å². The summed E-state index contributed by atoms with van der Waals surface area (Å²) in [6.07, 6.45) is 2.02. The zero-order valence-corrected chi connectivity index (χ0v) is 14.0. The molecule has 1 aliphatic rings. The molecule has 0 unspecified atom stereocenters. The summed E-state index contributed by atoms with van der Waals surface area (Å²) in [5.74, 6) is 0.554. The molecule has 0 aliphatic heterocycles. The fourth-order valence-electron chi connectivity index (χ4n) is 2.14. The summed E-state index contributed by atoms with van der Waals surface area (Å²) in [5.41, 5.74) is 0.934. The average molecular weight is 350 g/mol. The molecule has 23 heavy (non-hydrogen) atoms. The van der Waals surface area contributed by atoms with E-state index in [4.69, 9.17) is 0 Å². The summed E-state index contributed by atoms with van der Waals surface area (Å²) in [7, 11) is 0. The number of carbonyl (C=O) groups is 1. The van der Waals surface area contributed by atoms with Gasteiger partial charge >= 0.3 is 0 Å². The van der Waals surface area contributed by atoms with Crippen molar-refractivity contribution in [2.45, 2.75) is 35.9 Å². The second-order valence-corrected chi connectivity index (χ2v) is 7.36. The number of amides is 1. The highest BCUT2D eigenvalue weighted by molar-refractivity contribution is 8.00. The van der Waals surface area contributed by atoms with E-state index in [2.05, 4.69) is 10.2 Å². The highest BCUT2D eigenvalue weighted by Crippen LogP contribution is 2.36. The third-order valence-electron chi connectivity index (χ3n) is 3.34. The Bertz CT molecular complexity index is 745. The minimum Gasteiger partial charge on any atom is -0.284 e. The van der Waals surface area contributed by atoms with Crippen molar-refractivity contribution in [2.75, 3.05) is 4.90 Å². The van der Waals surface area contributed by atoms with Crippen molar-refractivity contribution in [2.24, 2.45) is 0 Å². The third-order valence-corrected chi connectivity index (χ3v) is 5.46. The number of nitro benzene ring substituents is 1. The predicted molar refractivity (Wildman–Crippen MR) is 88.7 cm³/mol. The molecular formula is C14H14N4O3S2. The molecule has 1 aromatic carbocycles. The van der Waals surface area contributed by atoms with Crippen LogP contribution in [0.5, 0.6) is 0 Å². The first kappa shape index (κ1) is 15.9. The fourth-order valence-corrected chi connectivity index (χ4v) is 4.04. The molecule has 0 spiro atoms. The molecule has 7 nitrogen and oxygen atoms in total. The van der Waals surface area contributed by atoms with E-state index in [1.807, 2.05) is 6.07 Å². The van der Waals surface area contributed by atoms with Crippen LogP contribution in [0.3, 0.4) is 0 Å². The van der Waals surface area contributed by atoms with Crippen molar-refractivity contribution in [3.8, 4) is 0 Å². The van der Waals surface area contributed by atoms with E-state index in [1.54, 1.807) is 17.0 Å². The van der Waals surface area contributed by atoms with Crippen LogP contribution in [0.4, 0.5) is 10.8 Å². The van der Waals surface area contributed by atoms with Crippen LogP contribution in [0, 0.1) is 10.1 Å². The average Bonchev–Trinajstić information content (AvgIpc) is 3.23. The maximum absolute atomic E-state index is 11.7. The van der Waals surface area contributed by atoms with Crippen LogP contribution in [0.15, 0.2) is 28.6 Å². The van der Waals surface area contributed by atoms with E-state index in [0.717, 1.165) is 22.7 Å². The van der Waals surface area contributed by atoms with Gasteiger partial charge in [0, 0.05) is 30.9 Å². The van der Waals surface area contributed by atoms with Crippen LogP contribution in [-0.2, 0) is 10.5 Å². The van der Waals surface area contributed by atoms with Crippen molar-refractivity contribution in [3.63, 3.8) is 0 Å². The summed E-state index contributed by atoms with van der Waals surface area (Å²) in [4.78, 5) is 23.8. The Kier molecular flexibility index (Phi) is 4.58. The maximum atomic E-state index is 11.7. The molecule has 0 atom stereocenters. The van der Waals surface area contributed by atoms with Crippen molar-refractivity contribution in [1.29, 1.82) is 0 Å². The predicted octanol–water partition coefficient (Wildman–Crippen LogP) is 3.25. The van der Waals surface area contributed by atoms with Crippen LogP contribution in [0.2, 0.25) is 0 Å². The molecule has 1 heterocycles. The normalized spacial score (nSPS) is 13.8. The second kappa shape index (κ2) is 6.63. The van der Waals surface area contributed by atoms with E-state index in [0.29, 0.717) is 10.9 Å². The Hall–Kier alpha value is -2.00. The zero-order valence-electron chi connectivity index (χ0n) is 12.3. The number of hydrogen-bond acceptors (Lipinski definition) is 7. The first-order chi connectivity index (χ1) is 11.0. The molecule has 3 rings (SSSR count). The molecule has 120 valence electrons. The lowest BCUT2D eigenvalue weighted by Gasteiger charge is -2.15. The lowest BCUT2D eigenvalue weighted by atomic mass is 10.2. The van der Waals surface area contributed by atoms with Gasteiger partial charge in [-0.25, -0.2) is 0 Å². The Labute approximate surface area is 140 Å². The molecule has 0 N–H and O–H groups in total. The van der Waals surface area contributed by atoms with Crippen LogP contribution in [0.25, 0.3) is 0 Å². The summed E-state index contributed by atoms with van der Waals surface area (Å²) in [6.45, 7) is 1.54. The summed E-state index contributed by atoms with van der Waals surface area (Å²) >= 11 is 2.84. The zero-order chi connectivity index (χ0) is 16.4. The Morgan fingerprint density at radius 3 is 2.91 bits per heavy atom. The van der Waals surface area contributed by atoms with E-state index in [1.165, 1.54) is 36.1 Å². The van der Waals surface area contributed by atoms with Gasteiger partial charge in [0.05, 0.1) is 4.92 Å². The molecule has 1 saturated carbocycles. The number of hydrogen-bond donors (Lipinski definition) is 0. The minimum absolute atomic E-state index is 0.0149. The number of aromatic nitrogens is 2. The van der Waals surface area contributed by atoms with Gasteiger partial charge in [0.15, 0.2) is 4.34 Å². The smallest absolute Gasteiger partial charge is 0.269 e. The van der Waals surface area contributed by atoms with Crippen LogP contribution >= 0.6 is 23.1 Å². The number of non-ortho nitro benzene ring substituents is 1. The molecule has 1 aromatic heterocycles. The topological polar surface area (TPSA) is 89.2 Å². The molecule has 1 fully saturated rings. The number of carbonyl (C=O) groups excluding carboxylic acids is 1. The third kappa shape index (κ3) is 3.85. The van der Waals surface area contributed by atoms with Gasteiger partial charge in [-0.3, -0.25) is 19.8 Å². The number of benzene rings is 1. The number of rotatable bonds is 6. The van der Waals surface area contributed by atoms with Crippen molar-refractivity contribution in [3.05, 3.63) is 39.9 Å². The second-order valence-electron chi connectivity index (χ2n) is 5.19. The summed E-state index contributed by atoms with van der Waals surface area (Å²) in [5, 5.41) is 19.6. The van der Waals surface area contributed by atoms with Gasteiger partial charge in [-0.05, 0) is 18.4 Å². The number of nitrogens with zero attached hydrogens (tertiary/aromatic N) is 4. The van der Waals surface area contributed by atoms with Gasteiger partial charge in [0.1, 0.15) is 0 Å². The van der Waals surface area contributed by atoms with Crippen LogP contribution < -0.4 is 4.90 Å². The maximum Gasteiger partial charge on any atom is 0.269 e. The first-order valence-electron chi connectivity index (χ1n) is 7.04. The number of anilines is 1. The molecule has 0 bridgehead atoms. The molecule has 9 heteroatoms. The molecule has 0 saturated heterocycles. The van der Waals surface area contributed by atoms with Crippen LogP contribution in [0.1, 0.15) is 25.3 Å². The summed E-state index contributed by atoms with van der Waals surface area (Å²) < 4.78 is 0.749. The SMILES string of the molecule is CC(=O)N(c1nnc(SCc2cccc([N+](=O)[O-])c2)s1)C1CC1. The molecule has 0 radical (unpaired) electrons. The monoisotopic (exact) mass is 350 g/mol. The van der Waals surface area contributed by atoms with Gasteiger partial charge < -0.3 is 0 Å². The molecular weight excluding hydrogens is 336 g/mol. The largest absolute Gasteiger partial charge is 0.284 e. The van der Waals surface area contributed by atoms with Gasteiger partial charge in [-0.15, -0.1) is 10.2 Å². The lowest BCUT2D eigenvalue weighted by molar-refractivity contribution is -0.384. The minimum atomic E-state index is -0.405. The van der Waals surface area contributed by atoms with E-state index in [9.17, 15) is 14.9 Å². The van der Waals surface area contributed by atoms with Crippen molar-refractivity contribution in [1.82, 2.24) is 10.2 Å². The van der Waals surface area contributed by atoms with E-state index in [-0.39, 0.29) is 17.6 Å². The molecule has 2 aromatic rings. The number of thioether (sulfide) groups is 1. The van der Waals surface area contributed by atoms with Crippen molar-refractivity contribution >= 4 is 39.8 Å². The standard InChI is InChI=1S/C14H14N4O3S2/c1-9(19)17(11-5-6-11)13-15-16-14(23-13)22-8-10-3-2-4-12(7-10)18(20)21/h2-4,7,11H,5-6,8H2,1H3. The van der Waals surface area contributed by atoms with Crippen molar-refractivity contribution < 1.29 is 9.72 Å². The highest BCUT2D eigenvalue weighted by atomic mass is 32.2. The van der Waals surface area contributed by atoms with Gasteiger partial charge in [0.2, 0.25) is 11.0 Å². The van der Waals surface area contributed by atoms with E-state index >= 15 is 0 Å². The first-order valence-corrected chi connectivity index (χ1v) is 8.84. The van der Waals surface area contributed by atoms with Gasteiger partial charge in [0.25, 0.3) is 5.69 Å². The highest BCUT2D eigenvalue weighted by Gasteiger charge is 2.34. The number of nitro groups is 1. The summed E-state index contributed by atoms with van der Waals surface area (Å²) in [6, 6.07) is 6.80. The Balaban J connectivity index is 1.66. The van der Waals surface area contributed by atoms with Gasteiger partial charge in [-0.1, -0.05) is 35.2 Å². The quantitative estimate of drug-likeness (QED) is 0.344. The fraction of sp³-hybridized carbons (Fsp3) is 0.357. The van der Waals surface area contributed by atoms with Gasteiger partial charge in [-0.2, -0.15) is 0 Å². The lowest BCUT2D eigenvalue weighted by Crippen LogP contribution is -2.30. The molecule has 1 aliphatic carbocycles.